The highest BCUT2D eigenvalue weighted by Crippen LogP contribution is 2.26. The van der Waals surface area contributed by atoms with Gasteiger partial charge in [-0.3, -0.25) is 9.69 Å². The second-order valence-electron chi connectivity index (χ2n) is 4.51. The van der Waals surface area contributed by atoms with Crippen molar-refractivity contribution < 1.29 is 0 Å². The molecular formula is C17H17N3. The molecule has 0 atom stereocenters. The van der Waals surface area contributed by atoms with E-state index >= 15 is 0 Å². The number of hydrogen-bond acceptors (Lipinski definition) is 2. The average molecular weight is 263 g/mol. The monoisotopic (exact) mass is 263 g/mol. The Morgan fingerprint density at radius 3 is 1.80 bits per heavy atom. The second kappa shape index (κ2) is 5.53. The first kappa shape index (κ1) is 12.4. The van der Waals surface area contributed by atoms with Crippen molar-refractivity contribution in [1.82, 2.24) is 4.68 Å². The van der Waals surface area contributed by atoms with E-state index < -0.39 is 0 Å². The van der Waals surface area contributed by atoms with Crippen LogP contribution in [-0.4, -0.2) is 11.7 Å². The van der Waals surface area contributed by atoms with Crippen LogP contribution in [0, 0.1) is 0 Å². The van der Waals surface area contributed by atoms with Crippen LogP contribution >= 0.6 is 0 Å². The molecule has 100 valence electrons. The van der Waals surface area contributed by atoms with Crippen molar-refractivity contribution in [3.8, 4) is 0 Å². The van der Waals surface area contributed by atoms with Gasteiger partial charge >= 0.3 is 0 Å². The number of rotatable bonds is 4. The van der Waals surface area contributed by atoms with Crippen LogP contribution < -0.4 is 10.3 Å². The molecule has 0 aliphatic rings. The van der Waals surface area contributed by atoms with Gasteiger partial charge in [0.2, 0.25) is 0 Å². The Bertz CT molecular complexity index is 619. The SMILES string of the molecule is CNc1ccn(N(c2ccccc2)c2ccccc2)c1. The highest BCUT2D eigenvalue weighted by Gasteiger charge is 2.10. The molecule has 20 heavy (non-hydrogen) atoms. The minimum atomic E-state index is 1.09. The zero-order valence-corrected chi connectivity index (χ0v) is 11.4. The highest BCUT2D eigenvalue weighted by molar-refractivity contribution is 5.63. The minimum absolute atomic E-state index is 1.09. The Labute approximate surface area is 119 Å². The molecule has 3 aromatic rings. The van der Waals surface area contributed by atoms with Crippen molar-refractivity contribution in [2.75, 3.05) is 17.4 Å². The van der Waals surface area contributed by atoms with E-state index in [9.17, 15) is 0 Å². The van der Waals surface area contributed by atoms with Gasteiger partial charge in [-0.25, -0.2) is 0 Å². The lowest BCUT2D eigenvalue weighted by Gasteiger charge is -2.26. The molecular weight excluding hydrogens is 246 g/mol. The number of nitrogens with zero attached hydrogens (tertiary/aromatic N) is 2. The summed E-state index contributed by atoms with van der Waals surface area (Å²) in [6.07, 6.45) is 4.12. The van der Waals surface area contributed by atoms with Crippen LogP contribution in [0.5, 0.6) is 0 Å². The molecule has 0 radical (unpaired) electrons. The van der Waals surface area contributed by atoms with E-state index in [4.69, 9.17) is 0 Å². The van der Waals surface area contributed by atoms with Gasteiger partial charge in [-0.15, -0.1) is 0 Å². The smallest absolute Gasteiger partial charge is 0.0636 e. The van der Waals surface area contributed by atoms with Crippen LogP contribution in [-0.2, 0) is 0 Å². The highest BCUT2D eigenvalue weighted by atomic mass is 15.5. The molecule has 0 spiro atoms. The van der Waals surface area contributed by atoms with Crippen molar-refractivity contribution >= 4 is 17.1 Å². The molecule has 0 fully saturated rings. The fraction of sp³-hybridized carbons (Fsp3) is 0.0588. The molecule has 1 N–H and O–H groups in total. The third-order valence-electron chi connectivity index (χ3n) is 3.20. The van der Waals surface area contributed by atoms with E-state index in [1.54, 1.807) is 0 Å². The first-order valence-corrected chi connectivity index (χ1v) is 6.65. The predicted molar refractivity (Wildman–Crippen MR) is 84.4 cm³/mol. The topological polar surface area (TPSA) is 20.2 Å². The Balaban J connectivity index is 2.09. The van der Waals surface area contributed by atoms with E-state index in [0.29, 0.717) is 0 Å². The molecule has 1 aromatic heterocycles. The fourth-order valence-corrected chi connectivity index (χ4v) is 2.21. The number of hydrogen-bond donors (Lipinski definition) is 1. The summed E-state index contributed by atoms with van der Waals surface area (Å²) in [6, 6.07) is 22.7. The van der Waals surface area contributed by atoms with Gasteiger partial charge in [-0.05, 0) is 30.3 Å². The fourth-order valence-electron chi connectivity index (χ4n) is 2.21. The van der Waals surface area contributed by atoms with Gasteiger partial charge in [0.05, 0.1) is 23.3 Å². The van der Waals surface area contributed by atoms with Gasteiger partial charge in [-0.2, -0.15) is 0 Å². The zero-order valence-electron chi connectivity index (χ0n) is 11.4. The average Bonchev–Trinajstić information content (AvgIpc) is 2.98. The van der Waals surface area contributed by atoms with E-state index in [0.717, 1.165) is 17.1 Å². The molecule has 0 amide bonds. The van der Waals surface area contributed by atoms with E-state index in [-0.39, 0.29) is 0 Å². The van der Waals surface area contributed by atoms with E-state index in [1.165, 1.54) is 0 Å². The van der Waals surface area contributed by atoms with Crippen LogP contribution in [0.25, 0.3) is 0 Å². The summed E-state index contributed by atoms with van der Waals surface area (Å²) in [4.78, 5) is 0. The van der Waals surface area contributed by atoms with Crippen LogP contribution in [0.2, 0.25) is 0 Å². The van der Waals surface area contributed by atoms with Crippen molar-refractivity contribution in [2.24, 2.45) is 0 Å². The molecule has 0 aliphatic carbocycles. The molecule has 0 aliphatic heterocycles. The summed E-state index contributed by atoms with van der Waals surface area (Å²) in [7, 11) is 1.93. The van der Waals surface area contributed by atoms with Gasteiger partial charge in [0, 0.05) is 13.2 Å². The molecule has 3 nitrogen and oxygen atoms in total. The molecule has 3 heteroatoms. The molecule has 0 saturated carbocycles. The maximum Gasteiger partial charge on any atom is 0.0636 e. The molecule has 2 aromatic carbocycles. The standard InChI is InChI=1S/C17H17N3/c1-18-15-12-13-19(14-15)20(16-8-4-2-5-9-16)17-10-6-3-7-11-17/h2-14,18H,1H3. The summed E-state index contributed by atoms with van der Waals surface area (Å²) >= 11 is 0. The first-order valence-electron chi connectivity index (χ1n) is 6.65. The maximum atomic E-state index is 3.16. The third-order valence-corrected chi connectivity index (χ3v) is 3.20. The summed E-state index contributed by atoms with van der Waals surface area (Å²) < 4.78 is 2.08. The van der Waals surface area contributed by atoms with Crippen molar-refractivity contribution in [3.63, 3.8) is 0 Å². The van der Waals surface area contributed by atoms with E-state index in [2.05, 4.69) is 51.5 Å². The summed E-state index contributed by atoms with van der Waals surface area (Å²) in [5.41, 5.74) is 3.33. The molecule has 1 heterocycles. The van der Waals surface area contributed by atoms with Gasteiger partial charge < -0.3 is 5.32 Å². The van der Waals surface area contributed by atoms with Crippen molar-refractivity contribution in [2.45, 2.75) is 0 Å². The van der Waals surface area contributed by atoms with Crippen LogP contribution in [0.3, 0.4) is 0 Å². The number of anilines is 3. The number of aromatic nitrogens is 1. The number of para-hydroxylation sites is 2. The summed E-state index contributed by atoms with van der Waals surface area (Å²) in [5.74, 6) is 0. The van der Waals surface area contributed by atoms with Gasteiger partial charge in [-0.1, -0.05) is 36.4 Å². The Morgan fingerprint density at radius 2 is 1.35 bits per heavy atom. The van der Waals surface area contributed by atoms with Gasteiger partial charge in [0.1, 0.15) is 0 Å². The molecule has 0 bridgehead atoms. The second-order valence-corrected chi connectivity index (χ2v) is 4.51. The lowest BCUT2D eigenvalue weighted by atomic mass is 10.2. The quantitative estimate of drug-likeness (QED) is 0.763. The van der Waals surface area contributed by atoms with Crippen molar-refractivity contribution in [3.05, 3.63) is 79.1 Å². The Hall–Kier alpha value is -2.68. The molecule has 3 rings (SSSR count). The first-order chi connectivity index (χ1) is 9.88. The van der Waals surface area contributed by atoms with Crippen LogP contribution in [0.1, 0.15) is 0 Å². The minimum Gasteiger partial charge on any atom is -0.387 e. The Morgan fingerprint density at radius 1 is 0.800 bits per heavy atom. The lowest BCUT2D eigenvalue weighted by molar-refractivity contribution is 0.823. The Kier molecular flexibility index (Phi) is 3.42. The summed E-state index contributed by atoms with van der Waals surface area (Å²) in [6.45, 7) is 0. The molecule has 0 unspecified atom stereocenters. The third kappa shape index (κ3) is 2.38. The largest absolute Gasteiger partial charge is 0.387 e. The van der Waals surface area contributed by atoms with Crippen LogP contribution in [0.15, 0.2) is 79.1 Å². The number of nitrogens with one attached hydrogen (secondary N) is 1. The summed E-state index contributed by atoms with van der Waals surface area (Å²) in [5, 5.41) is 5.33. The zero-order chi connectivity index (χ0) is 13.8. The normalized spacial score (nSPS) is 10.2. The maximum absolute atomic E-state index is 3.16. The lowest BCUT2D eigenvalue weighted by Crippen LogP contribution is -2.22. The van der Waals surface area contributed by atoms with Gasteiger partial charge in [0.25, 0.3) is 0 Å². The van der Waals surface area contributed by atoms with Crippen molar-refractivity contribution in [1.29, 1.82) is 0 Å². The van der Waals surface area contributed by atoms with Crippen LogP contribution in [0.4, 0.5) is 17.1 Å². The number of benzene rings is 2. The van der Waals surface area contributed by atoms with Gasteiger partial charge in [0.15, 0.2) is 0 Å². The predicted octanol–water partition coefficient (Wildman–Crippen LogP) is 4.13. The van der Waals surface area contributed by atoms with E-state index in [1.807, 2.05) is 49.6 Å². The molecule has 0 saturated heterocycles.